The molecule has 2 aromatic heterocycles. The van der Waals surface area contributed by atoms with Crippen LogP contribution in [-0.4, -0.2) is 47.5 Å². The number of nitrogens with one attached hydrogen (secondary N) is 1. The van der Waals surface area contributed by atoms with Crippen LogP contribution < -0.4 is 5.32 Å². The van der Waals surface area contributed by atoms with Crippen molar-refractivity contribution in [3.8, 4) is 11.3 Å². The summed E-state index contributed by atoms with van der Waals surface area (Å²) in [6.07, 6.45) is 3.51. The molecule has 0 radical (unpaired) electrons. The van der Waals surface area contributed by atoms with Crippen molar-refractivity contribution in [1.29, 1.82) is 0 Å². The van der Waals surface area contributed by atoms with Crippen LogP contribution in [0.1, 0.15) is 29.8 Å². The lowest BCUT2D eigenvalue weighted by Crippen LogP contribution is -2.43. The van der Waals surface area contributed by atoms with E-state index >= 15 is 0 Å². The molecule has 146 valence electrons. The van der Waals surface area contributed by atoms with Gasteiger partial charge in [-0.3, -0.25) is 9.78 Å². The van der Waals surface area contributed by atoms with Crippen molar-refractivity contribution < 1.29 is 4.79 Å². The zero-order chi connectivity index (χ0) is 20.3. The molecule has 28 heavy (non-hydrogen) atoms. The Labute approximate surface area is 166 Å². The summed E-state index contributed by atoms with van der Waals surface area (Å²) < 4.78 is 0. The summed E-state index contributed by atoms with van der Waals surface area (Å²) in [6, 6.07) is 11.9. The van der Waals surface area contributed by atoms with Gasteiger partial charge in [-0.15, -0.1) is 0 Å². The van der Waals surface area contributed by atoms with Gasteiger partial charge in [-0.2, -0.15) is 0 Å². The maximum atomic E-state index is 13.1. The minimum Gasteiger partial charge on any atom is -0.350 e. The number of hydrogen-bond donors (Lipinski definition) is 1. The number of carbonyl (C=O) groups is 1. The zero-order valence-corrected chi connectivity index (χ0v) is 17.2. The highest BCUT2D eigenvalue weighted by Crippen LogP contribution is 2.26. The van der Waals surface area contributed by atoms with E-state index in [1.54, 1.807) is 12.4 Å². The van der Waals surface area contributed by atoms with Crippen LogP contribution in [0.15, 0.2) is 48.8 Å². The quantitative estimate of drug-likeness (QED) is 0.708. The van der Waals surface area contributed by atoms with Gasteiger partial charge in [0.2, 0.25) is 0 Å². The van der Waals surface area contributed by atoms with Crippen LogP contribution >= 0.6 is 0 Å². The normalized spacial score (nSPS) is 12.5. The Bertz CT molecular complexity index is 959. The van der Waals surface area contributed by atoms with Gasteiger partial charge in [-0.1, -0.05) is 32.0 Å². The Balaban J connectivity index is 2.01. The Hall–Kier alpha value is -2.79. The summed E-state index contributed by atoms with van der Waals surface area (Å²) in [5.74, 6) is 0.369. The first-order valence-electron chi connectivity index (χ1n) is 9.64. The molecule has 2 heterocycles. The fraction of sp³-hybridized carbons (Fsp3) is 0.348. The molecule has 0 aliphatic rings. The van der Waals surface area contributed by atoms with E-state index in [9.17, 15) is 4.79 Å². The molecule has 0 saturated heterocycles. The molecule has 3 aromatic rings. The average molecular weight is 377 g/mol. The lowest BCUT2D eigenvalue weighted by Gasteiger charge is -2.28. The van der Waals surface area contributed by atoms with Gasteiger partial charge >= 0.3 is 0 Å². The topological polar surface area (TPSA) is 58.1 Å². The number of nitrogens with zero attached hydrogens (tertiary/aromatic N) is 3. The van der Waals surface area contributed by atoms with Gasteiger partial charge in [0.25, 0.3) is 5.91 Å². The molecule has 0 saturated carbocycles. The van der Waals surface area contributed by atoms with Crippen LogP contribution in [0.4, 0.5) is 0 Å². The fourth-order valence-corrected chi connectivity index (χ4v) is 3.55. The number of likely N-dealkylation sites (N-methyl/N-ethyl adjacent to an activating group) is 1. The summed E-state index contributed by atoms with van der Waals surface area (Å²) in [5, 5.41) is 4.00. The Morgan fingerprint density at radius 3 is 2.61 bits per heavy atom. The smallest absolute Gasteiger partial charge is 0.252 e. The molecule has 0 unspecified atom stereocenters. The molecular weight excluding hydrogens is 348 g/mol. The van der Waals surface area contributed by atoms with Gasteiger partial charge in [-0.25, -0.2) is 4.98 Å². The van der Waals surface area contributed by atoms with Crippen LogP contribution in [0, 0.1) is 12.8 Å². The number of hydrogen-bond acceptors (Lipinski definition) is 4. The first-order chi connectivity index (χ1) is 13.4. The van der Waals surface area contributed by atoms with Gasteiger partial charge in [0.05, 0.1) is 16.8 Å². The van der Waals surface area contributed by atoms with E-state index in [2.05, 4.69) is 29.0 Å². The third-order valence-corrected chi connectivity index (χ3v) is 5.15. The van der Waals surface area contributed by atoms with Crippen molar-refractivity contribution in [3.63, 3.8) is 0 Å². The summed E-state index contributed by atoms with van der Waals surface area (Å²) >= 11 is 0. The van der Waals surface area contributed by atoms with Crippen molar-refractivity contribution in [2.45, 2.75) is 26.8 Å². The Morgan fingerprint density at radius 1 is 1.18 bits per heavy atom. The molecule has 1 aromatic carbocycles. The highest BCUT2D eigenvalue weighted by molar-refractivity contribution is 6.07. The van der Waals surface area contributed by atoms with Gasteiger partial charge in [0.1, 0.15) is 0 Å². The Morgan fingerprint density at radius 2 is 1.96 bits per heavy atom. The first-order valence-corrected chi connectivity index (χ1v) is 9.64. The summed E-state index contributed by atoms with van der Waals surface area (Å²) in [5.41, 5.74) is 4.20. The minimum absolute atomic E-state index is 0.0735. The van der Waals surface area contributed by atoms with Gasteiger partial charge in [0, 0.05) is 35.9 Å². The highest BCUT2D eigenvalue weighted by atomic mass is 16.1. The lowest BCUT2D eigenvalue weighted by atomic mass is 10.0. The van der Waals surface area contributed by atoms with Crippen molar-refractivity contribution in [3.05, 3.63) is 59.9 Å². The molecule has 0 spiro atoms. The SMILES string of the molecule is Cc1cccc2c(C(=O)NC[C@H](C(C)C)N(C)C)cc(-c3cccnc3)nc12. The number of amides is 1. The van der Waals surface area contributed by atoms with E-state index in [4.69, 9.17) is 4.98 Å². The van der Waals surface area contributed by atoms with E-state index in [0.29, 0.717) is 18.0 Å². The summed E-state index contributed by atoms with van der Waals surface area (Å²) in [4.78, 5) is 24.3. The molecule has 0 fully saturated rings. The summed E-state index contributed by atoms with van der Waals surface area (Å²) in [6.45, 7) is 6.96. The lowest BCUT2D eigenvalue weighted by molar-refractivity contribution is 0.0936. The minimum atomic E-state index is -0.0735. The second kappa shape index (κ2) is 8.48. The molecule has 5 heteroatoms. The highest BCUT2D eigenvalue weighted by Gasteiger charge is 2.19. The summed E-state index contributed by atoms with van der Waals surface area (Å²) in [7, 11) is 4.09. The van der Waals surface area contributed by atoms with Crippen LogP contribution in [0.25, 0.3) is 22.2 Å². The van der Waals surface area contributed by atoms with Crippen molar-refractivity contribution in [2.24, 2.45) is 5.92 Å². The standard InChI is InChI=1S/C23H28N4O/c1-15(2)21(27(4)5)14-25-23(28)19-12-20(17-9-7-11-24-13-17)26-22-16(3)8-6-10-18(19)22/h6-13,15,21H,14H2,1-5H3,(H,25,28)/t21-/m1/s1. The van der Waals surface area contributed by atoms with Crippen LogP contribution in [0.2, 0.25) is 0 Å². The average Bonchev–Trinajstić information content (AvgIpc) is 2.67. The molecule has 5 nitrogen and oxygen atoms in total. The molecule has 1 atom stereocenters. The maximum Gasteiger partial charge on any atom is 0.252 e. The number of carbonyl (C=O) groups excluding carboxylic acids is 1. The molecule has 0 aliphatic heterocycles. The molecule has 1 amide bonds. The van der Waals surface area contributed by atoms with Crippen LogP contribution in [0.5, 0.6) is 0 Å². The monoisotopic (exact) mass is 376 g/mol. The van der Waals surface area contributed by atoms with E-state index in [-0.39, 0.29) is 11.9 Å². The fourth-order valence-electron chi connectivity index (χ4n) is 3.55. The Kier molecular flexibility index (Phi) is 6.05. The number of para-hydroxylation sites is 1. The number of aryl methyl sites for hydroxylation is 1. The second-order valence-corrected chi connectivity index (χ2v) is 7.75. The van der Waals surface area contributed by atoms with Gasteiger partial charge in [-0.05, 0) is 50.7 Å². The first kappa shape index (κ1) is 20.0. The second-order valence-electron chi connectivity index (χ2n) is 7.75. The van der Waals surface area contributed by atoms with Gasteiger partial charge < -0.3 is 10.2 Å². The number of rotatable bonds is 6. The van der Waals surface area contributed by atoms with E-state index in [0.717, 1.165) is 27.7 Å². The van der Waals surface area contributed by atoms with Crippen molar-refractivity contribution in [2.75, 3.05) is 20.6 Å². The van der Waals surface area contributed by atoms with E-state index < -0.39 is 0 Å². The molecule has 3 rings (SSSR count). The van der Waals surface area contributed by atoms with Crippen LogP contribution in [0.3, 0.4) is 0 Å². The number of aromatic nitrogens is 2. The zero-order valence-electron chi connectivity index (χ0n) is 17.2. The van der Waals surface area contributed by atoms with Crippen LogP contribution in [-0.2, 0) is 0 Å². The number of fused-ring (bicyclic) bond motifs is 1. The molecule has 1 N–H and O–H groups in total. The van der Waals surface area contributed by atoms with E-state index in [1.807, 2.05) is 57.4 Å². The molecule has 0 bridgehead atoms. The predicted octanol–water partition coefficient (Wildman–Crippen LogP) is 3.92. The van der Waals surface area contributed by atoms with Gasteiger partial charge in [0.15, 0.2) is 0 Å². The number of pyridine rings is 2. The molecule has 0 aliphatic carbocycles. The number of benzene rings is 1. The third kappa shape index (κ3) is 4.20. The van der Waals surface area contributed by atoms with E-state index in [1.165, 1.54) is 0 Å². The van der Waals surface area contributed by atoms with Crippen molar-refractivity contribution >= 4 is 16.8 Å². The maximum absolute atomic E-state index is 13.1. The van der Waals surface area contributed by atoms with Crippen molar-refractivity contribution in [1.82, 2.24) is 20.2 Å². The predicted molar refractivity (Wildman–Crippen MR) is 114 cm³/mol. The largest absolute Gasteiger partial charge is 0.350 e. The third-order valence-electron chi connectivity index (χ3n) is 5.15. The molecular formula is C23H28N4O.